The van der Waals surface area contributed by atoms with Gasteiger partial charge in [0.15, 0.2) is 6.10 Å². The number of fused-ring (bicyclic) bond motifs is 1. The number of rotatable bonds is 2. The van der Waals surface area contributed by atoms with Gasteiger partial charge in [-0.2, -0.15) is 4.98 Å². The van der Waals surface area contributed by atoms with Crippen LogP contribution in [0.25, 0.3) is 11.4 Å². The summed E-state index contributed by atoms with van der Waals surface area (Å²) >= 11 is 1.17. The zero-order chi connectivity index (χ0) is 19.1. The number of nitrogens with zero attached hydrogens (tertiary/aromatic N) is 2. The van der Waals surface area contributed by atoms with Crippen molar-refractivity contribution in [3.63, 3.8) is 0 Å². The smallest absolute Gasteiger partial charge is 0.405 e. The molecule has 8 nitrogen and oxygen atoms in total. The molecule has 10 heteroatoms. The lowest BCUT2D eigenvalue weighted by Crippen LogP contribution is -2.35. The van der Waals surface area contributed by atoms with Crippen molar-refractivity contribution in [1.82, 2.24) is 10.1 Å². The molecule has 2 heterocycles. The number of carbonyl (C=O) groups is 2. The maximum absolute atomic E-state index is 14.6. The molecule has 26 heavy (non-hydrogen) atoms. The summed E-state index contributed by atoms with van der Waals surface area (Å²) < 4.78 is 24.5. The maximum atomic E-state index is 14.6. The summed E-state index contributed by atoms with van der Waals surface area (Å²) in [5.74, 6) is -0.521. The number of nitrogens with two attached hydrogens (primary N) is 1. The Labute approximate surface area is 152 Å². The van der Waals surface area contributed by atoms with Crippen LogP contribution in [0.15, 0.2) is 21.6 Å². The first-order valence-electron chi connectivity index (χ1n) is 7.73. The molecule has 1 aliphatic heterocycles. The molecule has 3 rings (SSSR count). The first-order valence-corrected chi connectivity index (χ1v) is 8.71. The number of anilines is 1. The van der Waals surface area contributed by atoms with Crippen molar-refractivity contribution in [2.75, 3.05) is 11.1 Å². The van der Waals surface area contributed by atoms with Crippen LogP contribution in [0.1, 0.15) is 26.7 Å². The largest absolute Gasteiger partial charge is 0.435 e. The van der Waals surface area contributed by atoms with Gasteiger partial charge in [0.05, 0.1) is 11.3 Å². The number of benzene rings is 1. The van der Waals surface area contributed by atoms with Crippen LogP contribution in [0.3, 0.4) is 0 Å². The zero-order valence-electron chi connectivity index (χ0n) is 14.3. The fraction of sp³-hybridized carbons (Fsp3) is 0.375. The van der Waals surface area contributed by atoms with Crippen molar-refractivity contribution in [2.45, 2.75) is 37.2 Å². The van der Waals surface area contributed by atoms with Crippen molar-refractivity contribution in [3.05, 3.63) is 23.8 Å². The first-order chi connectivity index (χ1) is 12.1. The van der Waals surface area contributed by atoms with Crippen LogP contribution >= 0.6 is 11.8 Å². The SMILES string of the molecule is CC(C)(C)c1nc(-c2cc3c(cc2F)SC[C@H](OC(N)=O)C(=O)N3)no1. The van der Waals surface area contributed by atoms with Crippen LogP contribution in [-0.2, 0) is 14.9 Å². The summed E-state index contributed by atoms with van der Waals surface area (Å²) in [6.07, 6.45) is -2.11. The average Bonchev–Trinajstić information content (AvgIpc) is 2.97. The minimum absolute atomic E-state index is 0.0867. The number of ether oxygens (including phenoxy) is 1. The van der Waals surface area contributed by atoms with Crippen LogP contribution in [0.2, 0.25) is 0 Å². The van der Waals surface area contributed by atoms with Gasteiger partial charge in [0, 0.05) is 16.1 Å². The summed E-state index contributed by atoms with van der Waals surface area (Å²) in [4.78, 5) is 27.8. The second kappa shape index (κ2) is 6.60. The molecule has 138 valence electrons. The molecular weight excluding hydrogens is 363 g/mol. The molecule has 0 fully saturated rings. The molecule has 0 unspecified atom stereocenters. The van der Waals surface area contributed by atoms with E-state index in [1.54, 1.807) is 0 Å². The number of aromatic nitrogens is 2. The van der Waals surface area contributed by atoms with Gasteiger partial charge in [-0.1, -0.05) is 25.9 Å². The summed E-state index contributed by atoms with van der Waals surface area (Å²) in [6.45, 7) is 5.69. The molecule has 1 aromatic heterocycles. The van der Waals surface area contributed by atoms with Gasteiger partial charge in [0.1, 0.15) is 5.82 Å². The van der Waals surface area contributed by atoms with Crippen molar-refractivity contribution in [1.29, 1.82) is 0 Å². The van der Waals surface area contributed by atoms with Gasteiger partial charge in [-0.25, -0.2) is 9.18 Å². The van der Waals surface area contributed by atoms with E-state index < -0.39 is 23.9 Å². The lowest BCUT2D eigenvalue weighted by molar-refractivity contribution is -0.123. The van der Waals surface area contributed by atoms with Gasteiger partial charge in [0.25, 0.3) is 5.91 Å². The predicted octanol–water partition coefficient (Wildman–Crippen LogP) is 2.68. The Kier molecular flexibility index (Phi) is 4.61. The third kappa shape index (κ3) is 3.64. The van der Waals surface area contributed by atoms with E-state index in [9.17, 15) is 14.0 Å². The summed E-state index contributed by atoms with van der Waals surface area (Å²) in [5, 5.41) is 6.43. The molecule has 2 amide bonds. The maximum Gasteiger partial charge on any atom is 0.405 e. The number of nitrogens with one attached hydrogen (secondary N) is 1. The van der Waals surface area contributed by atoms with Crippen LogP contribution < -0.4 is 11.1 Å². The first kappa shape index (κ1) is 18.2. The number of hydrogen-bond acceptors (Lipinski definition) is 7. The van der Waals surface area contributed by atoms with E-state index in [4.69, 9.17) is 15.0 Å². The average molecular weight is 380 g/mol. The van der Waals surface area contributed by atoms with Crippen LogP contribution in [0, 0.1) is 5.82 Å². The highest BCUT2D eigenvalue weighted by atomic mass is 32.2. The van der Waals surface area contributed by atoms with Gasteiger partial charge in [-0.3, -0.25) is 4.79 Å². The molecule has 1 aromatic carbocycles. The minimum atomic E-state index is -1.06. The van der Waals surface area contributed by atoms with Crippen molar-refractivity contribution >= 4 is 29.4 Å². The third-order valence-electron chi connectivity index (χ3n) is 3.58. The van der Waals surface area contributed by atoms with Crippen molar-refractivity contribution in [3.8, 4) is 11.4 Å². The molecule has 0 bridgehead atoms. The Bertz CT molecular complexity index is 878. The fourth-order valence-electron chi connectivity index (χ4n) is 2.26. The van der Waals surface area contributed by atoms with E-state index in [0.717, 1.165) is 0 Å². The second-order valence-corrected chi connectivity index (χ2v) is 7.79. The van der Waals surface area contributed by atoms with E-state index in [0.29, 0.717) is 16.5 Å². The Morgan fingerprint density at radius 2 is 2.19 bits per heavy atom. The number of thioether (sulfide) groups is 1. The highest BCUT2D eigenvalue weighted by molar-refractivity contribution is 7.99. The number of hydrogen-bond donors (Lipinski definition) is 2. The van der Waals surface area contributed by atoms with E-state index >= 15 is 0 Å². The summed E-state index contributed by atoms with van der Waals surface area (Å²) in [5.41, 5.74) is 5.05. The van der Waals surface area contributed by atoms with E-state index in [2.05, 4.69) is 15.5 Å². The van der Waals surface area contributed by atoms with Gasteiger partial charge in [-0.05, 0) is 12.1 Å². The Hall–Kier alpha value is -2.62. The summed E-state index contributed by atoms with van der Waals surface area (Å²) in [6, 6.07) is 2.70. The molecule has 0 radical (unpaired) electrons. The lowest BCUT2D eigenvalue weighted by Gasteiger charge is -2.12. The summed E-state index contributed by atoms with van der Waals surface area (Å²) in [7, 11) is 0. The monoisotopic (exact) mass is 380 g/mol. The standard InChI is InChI=1S/C16H17FN4O4S/c1-16(2,3)14-20-12(21-25-14)7-4-9-11(5-8(7)17)26-6-10(13(22)19-9)24-15(18)23/h4-5,10H,6H2,1-3H3,(H2,18,23)(H,19,22)/t10-/m0/s1. The topological polar surface area (TPSA) is 120 Å². The Morgan fingerprint density at radius 1 is 1.46 bits per heavy atom. The normalized spacial score (nSPS) is 17.2. The highest BCUT2D eigenvalue weighted by Crippen LogP contribution is 2.36. The minimum Gasteiger partial charge on any atom is -0.435 e. The Balaban J connectivity index is 1.94. The number of halogens is 1. The Morgan fingerprint density at radius 3 is 2.81 bits per heavy atom. The van der Waals surface area contributed by atoms with Gasteiger partial charge in [0.2, 0.25) is 11.7 Å². The van der Waals surface area contributed by atoms with Crippen molar-refractivity contribution in [2.24, 2.45) is 5.73 Å². The molecule has 3 N–H and O–H groups in total. The molecule has 1 aliphatic rings. The molecule has 0 spiro atoms. The highest BCUT2D eigenvalue weighted by Gasteiger charge is 2.29. The molecule has 0 saturated heterocycles. The van der Waals surface area contributed by atoms with Crippen LogP contribution in [0.4, 0.5) is 14.9 Å². The van der Waals surface area contributed by atoms with Crippen LogP contribution in [0.5, 0.6) is 0 Å². The van der Waals surface area contributed by atoms with Gasteiger partial charge in [-0.15, -0.1) is 11.8 Å². The second-order valence-electron chi connectivity index (χ2n) is 6.73. The zero-order valence-corrected chi connectivity index (χ0v) is 15.1. The molecule has 1 atom stereocenters. The predicted molar refractivity (Wildman–Crippen MR) is 92.2 cm³/mol. The van der Waals surface area contributed by atoms with Crippen LogP contribution in [-0.4, -0.2) is 34.0 Å². The molecular formula is C16H17FN4O4S. The molecule has 0 aliphatic carbocycles. The number of amides is 2. The van der Waals surface area contributed by atoms with Crippen molar-refractivity contribution < 1.29 is 23.2 Å². The third-order valence-corrected chi connectivity index (χ3v) is 4.69. The van der Waals surface area contributed by atoms with E-state index in [-0.39, 0.29) is 22.6 Å². The lowest BCUT2D eigenvalue weighted by atomic mass is 9.97. The van der Waals surface area contributed by atoms with E-state index in [1.807, 2.05) is 20.8 Å². The number of primary amides is 1. The van der Waals surface area contributed by atoms with E-state index in [1.165, 1.54) is 23.9 Å². The van der Waals surface area contributed by atoms with Gasteiger partial charge < -0.3 is 20.3 Å². The molecule has 2 aromatic rings. The fourth-order valence-corrected chi connectivity index (χ4v) is 3.27. The molecule has 0 saturated carbocycles. The van der Waals surface area contributed by atoms with Gasteiger partial charge >= 0.3 is 6.09 Å². The quantitative estimate of drug-likeness (QED) is 0.821. The number of carbonyl (C=O) groups excluding carboxylic acids is 2.